The van der Waals surface area contributed by atoms with E-state index in [0.29, 0.717) is 16.6 Å². The predicted octanol–water partition coefficient (Wildman–Crippen LogP) is 3.26. The number of nitrogens with one attached hydrogen (secondary N) is 1. The number of carbonyl (C=O) groups excluding carboxylic acids is 1. The minimum atomic E-state index is -0.0597. The van der Waals surface area contributed by atoms with E-state index >= 15 is 0 Å². The average Bonchev–Trinajstić information content (AvgIpc) is 3.23. The Kier molecular flexibility index (Phi) is 6.84. The molecule has 162 valence electrons. The van der Waals surface area contributed by atoms with Gasteiger partial charge in [-0.15, -0.1) is 0 Å². The summed E-state index contributed by atoms with van der Waals surface area (Å²) in [5, 5.41) is 3.72. The van der Waals surface area contributed by atoms with Crippen LogP contribution in [0.25, 0.3) is 11.5 Å². The average molecular weight is 440 g/mol. The number of carbonyl (C=O) groups is 1. The van der Waals surface area contributed by atoms with Gasteiger partial charge in [0.15, 0.2) is 0 Å². The Morgan fingerprint density at radius 1 is 1.16 bits per heavy atom. The first-order chi connectivity index (χ1) is 15.1. The molecule has 3 heterocycles. The summed E-state index contributed by atoms with van der Waals surface area (Å²) in [5.74, 6) is 1.45. The minimum Gasteiger partial charge on any atom is -0.444 e. The molecule has 7 nitrogen and oxygen atoms in total. The minimum absolute atomic E-state index is 0.0523. The van der Waals surface area contributed by atoms with E-state index in [0.717, 1.165) is 44.1 Å². The number of amides is 1. The molecule has 0 bridgehead atoms. The van der Waals surface area contributed by atoms with E-state index in [-0.39, 0.29) is 18.4 Å². The number of pyridine rings is 1. The van der Waals surface area contributed by atoms with Gasteiger partial charge in [-0.25, -0.2) is 9.97 Å². The molecule has 0 aliphatic carbocycles. The number of benzene rings is 1. The predicted molar refractivity (Wildman–Crippen MR) is 121 cm³/mol. The van der Waals surface area contributed by atoms with Crippen molar-refractivity contribution in [3.63, 3.8) is 0 Å². The molecular formula is C23H26ClN5O2. The molecule has 0 saturated carbocycles. The van der Waals surface area contributed by atoms with Crippen molar-refractivity contribution in [3.05, 3.63) is 65.6 Å². The number of hydrogen-bond donors (Lipinski definition) is 1. The molecule has 1 aromatic carbocycles. The molecule has 0 spiro atoms. The molecule has 1 fully saturated rings. The Morgan fingerprint density at radius 2 is 1.94 bits per heavy atom. The molecule has 2 aromatic heterocycles. The van der Waals surface area contributed by atoms with Gasteiger partial charge >= 0.3 is 0 Å². The largest absolute Gasteiger partial charge is 0.444 e. The number of hydrogen-bond acceptors (Lipinski definition) is 6. The van der Waals surface area contributed by atoms with Gasteiger partial charge in [0.2, 0.25) is 11.8 Å². The Hall–Kier alpha value is -2.90. The van der Waals surface area contributed by atoms with Crippen molar-refractivity contribution in [2.24, 2.45) is 0 Å². The van der Waals surface area contributed by atoms with Gasteiger partial charge in [-0.1, -0.05) is 17.7 Å². The van der Waals surface area contributed by atoms with Crippen molar-refractivity contribution in [1.82, 2.24) is 20.2 Å². The second-order valence-electron chi connectivity index (χ2n) is 7.77. The van der Waals surface area contributed by atoms with Crippen LogP contribution in [-0.4, -0.2) is 59.5 Å². The second-order valence-corrected chi connectivity index (χ2v) is 8.21. The lowest BCUT2D eigenvalue weighted by Crippen LogP contribution is -2.51. The van der Waals surface area contributed by atoms with E-state index in [1.807, 2.05) is 43.5 Å². The van der Waals surface area contributed by atoms with E-state index in [1.54, 1.807) is 12.1 Å². The molecule has 1 aliphatic heterocycles. The lowest BCUT2D eigenvalue weighted by molar-refractivity contribution is -0.121. The van der Waals surface area contributed by atoms with Crippen LogP contribution in [0.5, 0.6) is 0 Å². The number of aromatic nitrogens is 2. The van der Waals surface area contributed by atoms with Gasteiger partial charge in [0.25, 0.3) is 0 Å². The standard InChI is InChI=1S/C23H26ClN5O2/c1-17(15-28-10-12-29(13-11-28)21-4-2-3-9-25-21)26-22(30)14-20-16-31-23(27-20)18-5-7-19(24)8-6-18/h2-9,16-17H,10-15H2,1H3,(H,26,30). The zero-order chi connectivity index (χ0) is 21.6. The topological polar surface area (TPSA) is 74.5 Å². The number of piperazine rings is 1. The van der Waals surface area contributed by atoms with Crippen LogP contribution in [0.15, 0.2) is 59.3 Å². The van der Waals surface area contributed by atoms with Gasteiger partial charge in [0.05, 0.1) is 12.1 Å². The molecule has 31 heavy (non-hydrogen) atoms. The smallest absolute Gasteiger partial charge is 0.226 e. The molecule has 1 atom stereocenters. The third kappa shape index (κ3) is 5.83. The summed E-state index contributed by atoms with van der Waals surface area (Å²) in [6, 6.07) is 13.3. The molecule has 3 aromatic rings. The molecule has 1 unspecified atom stereocenters. The summed E-state index contributed by atoms with van der Waals surface area (Å²) < 4.78 is 5.51. The fourth-order valence-electron chi connectivity index (χ4n) is 3.74. The summed E-state index contributed by atoms with van der Waals surface area (Å²) in [7, 11) is 0. The Bertz CT molecular complexity index is 985. The first-order valence-corrected chi connectivity index (χ1v) is 10.8. The van der Waals surface area contributed by atoms with Crippen LogP contribution in [0.2, 0.25) is 5.02 Å². The van der Waals surface area contributed by atoms with Gasteiger partial charge < -0.3 is 14.6 Å². The summed E-state index contributed by atoms with van der Waals surface area (Å²) in [6.07, 6.45) is 3.55. The summed E-state index contributed by atoms with van der Waals surface area (Å²) in [4.78, 5) is 26.0. The monoisotopic (exact) mass is 439 g/mol. The van der Waals surface area contributed by atoms with Crippen LogP contribution in [0, 0.1) is 0 Å². The van der Waals surface area contributed by atoms with Gasteiger partial charge in [-0.3, -0.25) is 9.69 Å². The highest BCUT2D eigenvalue weighted by Crippen LogP contribution is 2.21. The van der Waals surface area contributed by atoms with Gasteiger partial charge in [0.1, 0.15) is 12.1 Å². The zero-order valence-corrected chi connectivity index (χ0v) is 18.3. The maximum Gasteiger partial charge on any atom is 0.226 e. The number of anilines is 1. The van der Waals surface area contributed by atoms with Crippen molar-refractivity contribution < 1.29 is 9.21 Å². The van der Waals surface area contributed by atoms with Gasteiger partial charge in [0, 0.05) is 55.5 Å². The van der Waals surface area contributed by atoms with Crippen molar-refractivity contribution in [2.45, 2.75) is 19.4 Å². The van der Waals surface area contributed by atoms with Crippen LogP contribution in [0.1, 0.15) is 12.6 Å². The zero-order valence-electron chi connectivity index (χ0n) is 17.5. The molecule has 1 amide bonds. The van der Waals surface area contributed by atoms with Gasteiger partial charge in [-0.2, -0.15) is 0 Å². The van der Waals surface area contributed by atoms with E-state index < -0.39 is 0 Å². The maximum atomic E-state index is 12.4. The fraction of sp³-hybridized carbons (Fsp3) is 0.348. The molecule has 1 N–H and O–H groups in total. The van der Waals surface area contributed by atoms with Crippen molar-refractivity contribution >= 4 is 23.3 Å². The summed E-state index contributed by atoms with van der Waals surface area (Å²) in [5.41, 5.74) is 1.44. The second kappa shape index (κ2) is 9.94. The van der Waals surface area contributed by atoms with E-state index in [1.165, 1.54) is 6.26 Å². The Labute approximate surface area is 187 Å². The molecule has 4 rings (SSSR count). The van der Waals surface area contributed by atoms with Gasteiger partial charge in [-0.05, 0) is 43.3 Å². The summed E-state index contributed by atoms with van der Waals surface area (Å²) in [6.45, 7) is 6.62. The fourth-order valence-corrected chi connectivity index (χ4v) is 3.86. The SMILES string of the molecule is CC(CN1CCN(c2ccccn2)CC1)NC(=O)Cc1coc(-c2ccc(Cl)cc2)n1. The van der Waals surface area contributed by atoms with Crippen LogP contribution in [0.3, 0.4) is 0 Å². The van der Waals surface area contributed by atoms with Crippen LogP contribution in [-0.2, 0) is 11.2 Å². The highest BCUT2D eigenvalue weighted by atomic mass is 35.5. The lowest BCUT2D eigenvalue weighted by Gasteiger charge is -2.36. The van der Waals surface area contributed by atoms with Crippen LogP contribution < -0.4 is 10.2 Å². The number of rotatable bonds is 7. The first kappa shape index (κ1) is 21.3. The highest BCUT2D eigenvalue weighted by Gasteiger charge is 2.20. The molecule has 1 saturated heterocycles. The number of nitrogens with zero attached hydrogens (tertiary/aromatic N) is 4. The van der Waals surface area contributed by atoms with Crippen molar-refractivity contribution in [1.29, 1.82) is 0 Å². The molecule has 1 aliphatic rings. The van der Waals surface area contributed by atoms with Crippen LogP contribution in [0.4, 0.5) is 5.82 Å². The highest BCUT2D eigenvalue weighted by molar-refractivity contribution is 6.30. The van der Waals surface area contributed by atoms with E-state index in [4.69, 9.17) is 16.0 Å². The normalized spacial score (nSPS) is 15.6. The first-order valence-electron chi connectivity index (χ1n) is 10.4. The molecule has 0 radical (unpaired) electrons. The third-order valence-electron chi connectivity index (χ3n) is 5.27. The van der Waals surface area contributed by atoms with Crippen molar-refractivity contribution in [3.8, 4) is 11.5 Å². The number of halogens is 1. The number of oxazole rings is 1. The van der Waals surface area contributed by atoms with E-state index in [2.05, 4.69) is 25.1 Å². The lowest BCUT2D eigenvalue weighted by atomic mass is 10.2. The maximum absolute atomic E-state index is 12.4. The molecule has 8 heteroatoms. The Morgan fingerprint density at radius 3 is 2.65 bits per heavy atom. The summed E-state index contributed by atoms with van der Waals surface area (Å²) >= 11 is 5.91. The van der Waals surface area contributed by atoms with Crippen molar-refractivity contribution in [2.75, 3.05) is 37.6 Å². The van der Waals surface area contributed by atoms with Crippen LogP contribution >= 0.6 is 11.6 Å². The third-order valence-corrected chi connectivity index (χ3v) is 5.52. The Balaban J connectivity index is 1.22. The molecular weight excluding hydrogens is 414 g/mol. The quantitative estimate of drug-likeness (QED) is 0.609. The van der Waals surface area contributed by atoms with E-state index in [9.17, 15) is 4.79 Å².